The third-order valence-corrected chi connectivity index (χ3v) is 6.37. The first kappa shape index (κ1) is 21.9. The predicted molar refractivity (Wildman–Crippen MR) is 92.1 cm³/mol. The zero-order valence-corrected chi connectivity index (χ0v) is 16.4. The monoisotopic (exact) mass is 492 g/mol. The Kier molecular flexibility index (Phi) is 9.72. The molecule has 1 aliphatic heterocycles. The molecule has 0 aliphatic carbocycles. The smallest absolute Gasteiger partial charge is 0.314 e. The Morgan fingerprint density at radius 2 is 1.81 bits per heavy atom. The molecule has 2 heterocycles. The number of hydrogen-bond donors (Lipinski definition) is 1. The molecule has 0 unspecified atom stereocenters. The van der Waals surface area contributed by atoms with Crippen LogP contribution in [0.2, 0.25) is 0 Å². The highest BCUT2D eigenvalue weighted by atomic mass is 79.9. The van der Waals surface area contributed by atoms with Crippen molar-refractivity contribution >= 4 is 68.0 Å². The van der Waals surface area contributed by atoms with E-state index in [-0.39, 0.29) is 24.8 Å². The van der Waals surface area contributed by atoms with Gasteiger partial charge in [-0.1, -0.05) is 0 Å². The minimum atomic E-state index is -4.15. The summed E-state index contributed by atoms with van der Waals surface area (Å²) >= 11 is 8.05. The van der Waals surface area contributed by atoms with E-state index in [1.54, 1.807) is 6.07 Å². The van der Waals surface area contributed by atoms with E-state index >= 15 is 0 Å². The maximum Gasteiger partial charge on any atom is 0.390 e. The molecule has 0 aromatic carbocycles. The SMILES string of the molecule is Cl.Cl.FC(F)(F)C[C@@H](c1cc(Br)c(Br)s1)N1CCNCC1. The molecule has 1 fully saturated rings. The molecule has 124 valence electrons. The summed E-state index contributed by atoms with van der Waals surface area (Å²) in [5.41, 5.74) is 0. The number of piperazine rings is 1. The highest BCUT2D eigenvalue weighted by Crippen LogP contribution is 2.41. The Morgan fingerprint density at radius 1 is 1.24 bits per heavy atom. The molecule has 0 spiro atoms. The molecule has 21 heavy (non-hydrogen) atoms. The second-order valence-electron chi connectivity index (χ2n) is 4.39. The molecule has 0 saturated carbocycles. The number of hydrogen-bond acceptors (Lipinski definition) is 3. The molecule has 10 heteroatoms. The summed E-state index contributed by atoms with van der Waals surface area (Å²) in [6, 6.07) is 1.20. The van der Waals surface area contributed by atoms with E-state index < -0.39 is 18.6 Å². The average molecular weight is 495 g/mol. The summed E-state index contributed by atoms with van der Waals surface area (Å²) in [5.74, 6) is 0. The molecule has 1 aromatic rings. The number of thiophene rings is 1. The predicted octanol–water partition coefficient (Wildman–Crippen LogP) is 5.02. The number of nitrogens with zero attached hydrogens (tertiary/aromatic N) is 1. The van der Waals surface area contributed by atoms with Crippen molar-refractivity contribution in [3.8, 4) is 0 Å². The molecule has 2 rings (SSSR count). The van der Waals surface area contributed by atoms with Gasteiger partial charge in [0.15, 0.2) is 0 Å². The summed E-state index contributed by atoms with van der Waals surface area (Å²) in [6.45, 7) is 2.77. The Labute approximate surface area is 154 Å². The van der Waals surface area contributed by atoms with Crippen LogP contribution >= 0.6 is 68.0 Å². The van der Waals surface area contributed by atoms with Crippen molar-refractivity contribution in [1.82, 2.24) is 10.2 Å². The Bertz CT molecular complexity index is 420. The van der Waals surface area contributed by atoms with E-state index in [2.05, 4.69) is 37.2 Å². The van der Waals surface area contributed by atoms with Gasteiger partial charge in [-0.2, -0.15) is 13.2 Å². The van der Waals surface area contributed by atoms with Gasteiger partial charge in [-0.25, -0.2) is 0 Å². The minimum absolute atomic E-state index is 0. The Morgan fingerprint density at radius 3 is 2.24 bits per heavy atom. The zero-order valence-electron chi connectivity index (χ0n) is 10.8. The van der Waals surface area contributed by atoms with E-state index in [1.165, 1.54) is 11.3 Å². The topological polar surface area (TPSA) is 15.3 Å². The summed E-state index contributed by atoms with van der Waals surface area (Å²) < 4.78 is 40.0. The van der Waals surface area contributed by atoms with Crippen molar-refractivity contribution in [2.24, 2.45) is 0 Å². The van der Waals surface area contributed by atoms with Crippen molar-refractivity contribution < 1.29 is 13.2 Å². The van der Waals surface area contributed by atoms with Crippen molar-refractivity contribution in [2.45, 2.75) is 18.6 Å². The highest BCUT2D eigenvalue weighted by Gasteiger charge is 2.36. The second-order valence-corrected chi connectivity index (χ2v) is 7.65. The molecule has 0 bridgehead atoms. The largest absolute Gasteiger partial charge is 0.390 e. The van der Waals surface area contributed by atoms with Crippen molar-refractivity contribution in [3.05, 3.63) is 19.2 Å². The number of alkyl halides is 3. The Hall–Kier alpha value is 0.950. The van der Waals surface area contributed by atoms with Gasteiger partial charge in [0.1, 0.15) is 0 Å². The van der Waals surface area contributed by atoms with Crippen LogP contribution in [0.4, 0.5) is 13.2 Å². The van der Waals surface area contributed by atoms with Gasteiger partial charge in [-0.05, 0) is 37.9 Å². The minimum Gasteiger partial charge on any atom is -0.314 e. The molecular weight excluding hydrogens is 480 g/mol. The zero-order chi connectivity index (χ0) is 14.0. The Balaban J connectivity index is 0.00000200. The normalized spacial score (nSPS) is 17.8. The van der Waals surface area contributed by atoms with E-state index in [0.29, 0.717) is 13.1 Å². The number of nitrogens with one attached hydrogen (secondary N) is 1. The van der Waals surface area contributed by atoms with Crippen LogP contribution in [-0.2, 0) is 0 Å². The second kappa shape index (κ2) is 9.30. The molecule has 2 nitrogen and oxygen atoms in total. The summed E-state index contributed by atoms with van der Waals surface area (Å²) in [6.07, 6.45) is -4.95. The molecule has 1 aliphatic rings. The van der Waals surface area contributed by atoms with Gasteiger partial charge in [0.25, 0.3) is 0 Å². The molecule has 1 aromatic heterocycles. The van der Waals surface area contributed by atoms with Gasteiger partial charge >= 0.3 is 6.18 Å². The van der Waals surface area contributed by atoms with Crippen LogP contribution < -0.4 is 5.32 Å². The lowest BCUT2D eigenvalue weighted by Gasteiger charge is -2.34. The van der Waals surface area contributed by atoms with E-state index in [9.17, 15) is 13.2 Å². The first-order valence-corrected chi connectivity index (χ1v) is 8.23. The van der Waals surface area contributed by atoms with Gasteiger partial charge in [0.2, 0.25) is 0 Å². The molecule has 0 amide bonds. The van der Waals surface area contributed by atoms with Crippen LogP contribution in [0.15, 0.2) is 14.3 Å². The van der Waals surface area contributed by atoms with Crippen LogP contribution in [0.25, 0.3) is 0 Å². The van der Waals surface area contributed by atoms with Crippen molar-refractivity contribution in [2.75, 3.05) is 26.2 Å². The molecular formula is C11H15Br2Cl2F3N2S. The van der Waals surface area contributed by atoms with Crippen LogP contribution in [0, 0.1) is 0 Å². The summed E-state index contributed by atoms with van der Waals surface area (Å²) in [5, 5.41) is 3.16. The van der Waals surface area contributed by atoms with Gasteiger partial charge in [-0.15, -0.1) is 36.2 Å². The lowest BCUT2D eigenvalue weighted by atomic mass is 10.1. The molecule has 1 N–H and O–H groups in total. The quantitative estimate of drug-likeness (QED) is 0.635. The van der Waals surface area contributed by atoms with Gasteiger partial charge in [0, 0.05) is 35.5 Å². The van der Waals surface area contributed by atoms with Crippen molar-refractivity contribution in [1.29, 1.82) is 0 Å². The summed E-state index contributed by atoms with van der Waals surface area (Å²) in [4.78, 5) is 2.66. The first-order valence-electron chi connectivity index (χ1n) is 5.83. The molecule has 1 atom stereocenters. The van der Waals surface area contributed by atoms with Crippen LogP contribution in [0.5, 0.6) is 0 Å². The fraction of sp³-hybridized carbons (Fsp3) is 0.636. The van der Waals surface area contributed by atoms with Gasteiger partial charge in [-0.3, -0.25) is 4.90 Å². The molecule has 1 saturated heterocycles. The number of halogens is 7. The fourth-order valence-electron chi connectivity index (χ4n) is 2.15. The third kappa shape index (κ3) is 6.53. The average Bonchev–Trinajstić information content (AvgIpc) is 2.66. The lowest BCUT2D eigenvalue weighted by Crippen LogP contribution is -2.45. The fourth-order valence-corrected chi connectivity index (χ4v) is 4.37. The van der Waals surface area contributed by atoms with Gasteiger partial charge in [0.05, 0.1) is 16.2 Å². The standard InChI is InChI=1S/C11H13Br2F3N2S.2ClH/c12-7-5-9(19-10(7)13)8(6-11(14,15)16)18-3-1-17-2-4-18;;/h5,8,17H,1-4,6H2;2*1H/t8-;;/m0../s1. The summed E-state index contributed by atoms with van der Waals surface area (Å²) in [7, 11) is 0. The van der Waals surface area contributed by atoms with Crippen LogP contribution in [0.3, 0.4) is 0 Å². The molecule has 0 radical (unpaired) electrons. The maximum absolute atomic E-state index is 12.8. The van der Waals surface area contributed by atoms with E-state index in [0.717, 1.165) is 26.2 Å². The van der Waals surface area contributed by atoms with Gasteiger partial charge < -0.3 is 5.32 Å². The first-order chi connectivity index (χ1) is 8.87. The lowest BCUT2D eigenvalue weighted by molar-refractivity contribution is -0.148. The van der Waals surface area contributed by atoms with Crippen LogP contribution in [0.1, 0.15) is 17.3 Å². The highest BCUT2D eigenvalue weighted by molar-refractivity contribution is 9.13. The third-order valence-electron chi connectivity index (χ3n) is 3.01. The van der Waals surface area contributed by atoms with Crippen LogP contribution in [-0.4, -0.2) is 37.3 Å². The van der Waals surface area contributed by atoms with E-state index in [4.69, 9.17) is 0 Å². The van der Waals surface area contributed by atoms with Crippen molar-refractivity contribution in [3.63, 3.8) is 0 Å². The number of rotatable bonds is 3. The van der Waals surface area contributed by atoms with E-state index in [1.807, 2.05) is 4.90 Å². The maximum atomic E-state index is 12.8.